The van der Waals surface area contributed by atoms with E-state index >= 15 is 0 Å². The van der Waals surface area contributed by atoms with E-state index in [4.69, 9.17) is 0 Å². The van der Waals surface area contributed by atoms with E-state index in [1.807, 2.05) is 0 Å². The molecule has 2 aliphatic rings. The molecule has 1 heterocycles. The largest absolute Gasteiger partial charge is 0.303 e. The standard InChI is InChI=1S/C20H30N2/c1-21(20-7-3-2-4-8-20)16-13-18-9-11-19(12-10-18)17-22-14-5-6-15-22/h2-3,9-12,20H,4-8,13-17H2,1H3. The van der Waals surface area contributed by atoms with Gasteiger partial charge in [0.2, 0.25) is 0 Å². The molecule has 1 atom stereocenters. The second-order valence-electron chi connectivity index (χ2n) is 6.97. The summed E-state index contributed by atoms with van der Waals surface area (Å²) < 4.78 is 0. The van der Waals surface area contributed by atoms with Crippen LogP contribution in [0.5, 0.6) is 0 Å². The summed E-state index contributed by atoms with van der Waals surface area (Å²) in [6, 6.07) is 10.1. The Morgan fingerprint density at radius 2 is 1.77 bits per heavy atom. The van der Waals surface area contributed by atoms with Crippen LogP contribution in [-0.2, 0) is 13.0 Å². The fourth-order valence-corrected chi connectivity index (χ4v) is 3.68. The third-order valence-corrected chi connectivity index (χ3v) is 5.25. The zero-order chi connectivity index (χ0) is 15.2. The first-order valence-corrected chi connectivity index (χ1v) is 8.97. The van der Waals surface area contributed by atoms with Gasteiger partial charge in [0.05, 0.1) is 0 Å². The zero-order valence-electron chi connectivity index (χ0n) is 14.0. The summed E-state index contributed by atoms with van der Waals surface area (Å²) in [7, 11) is 2.28. The molecule has 3 rings (SSSR count). The second kappa shape index (κ2) is 7.94. The lowest BCUT2D eigenvalue weighted by Crippen LogP contribution is -2.33. The Morgan fingerprint density at radius 3 is 2.45 bits per heavy atom. The third kappa shape index (κ3) is 4.44. The molecule has 2 nitrogen and oxygen atoms in total. The lowest BCUT2D eigenvalue weighted by Gasteiger charge is -2.28. The number of nitrogens with zero attached hydrogens (tertiary/aromatic N) is 2. The van der Waals surface area contributed by atoms with E-state index in [1.54, 1.807) is 0 Å². The smallest absolute Gasteiger partial charge is 0.0233 e. The van der Waals surface area contributed by atoms with Crippen molar-refractivity contribution in [2.75, 3.05) is 26.7 Å². The molecule has 2 heteroatoms. The summed E-state index contributed by atoms with van der Waals surface area (Å²) in [4.78, 5) is 5.11. The first-order chi connectivity index (χ1) is 10.8. The van der Waals surface area contributed by atoms with Crippen molar-refractivity contribution in [1.82, 2.24) is 9.80 Å². The molecule has 0 N–H and O–H groups in total. The summed E-state index contributed by atoms with van der Waals surface area (Å²) in [5.41, 5.74) is 2.94. The monoisotopic (exact) mass is 298 g/mol. The number of hydrogen-bond donors (Lipinski definition) is 0. The van der Waals surface area contributed by atoms with E-state index in [-0.39, 0.29) is 0 Å². The van der Waals surface area contributed by atoms with Crippen molar-refractivity contribution in [1.29, 1.82) is 0 Å². The van der Waals surface area contributed by atoms with E-state index in [1.165, 1.54) is 69.3 Å². The van der Waals surface area contributed by atoms with Crippen molar-refractivity contribution in [2.45, 2.75) is 51.1 Å². The Kier molecular flexibility index (Phi) is 5.69. The number of rotatable bonds is 6. The molecule has 1 aliphatic heterocycles. The molecule has 0 bridgehead atoms. The Morgan fingerprint density at radius 1 is 1.05 bits per heavy atom. The summed E-state index contributed by atoms with van der Waals surface area (Å²) in [6.07, 6.45) is 12.4. The predicted octanol–water partition coefficient (Wildman–Crippen LogP) is 3.87. The second-order valence-corrected chi connectivity index (χ2v) is 6.97. The van der Waals surface area contributed by atoms with E-state index in [9.17, 15) is 0 Å². The molecule has 0 saturated carbocycles. The molecule has 0 aromatic heterocycles. The average Bonchev–Trinajstić information content (AvgIpc) is 3.08. The minimum atomic E-state index is 0.749. The molecular weight excluding hydrogens is 268 g/mol. The van der Waals surface area contributed by atoms with Crippen LogP contribution in [0.25, 0.3) is 0 Å². The minimum Gasteiger partial charge on any atom is -0.303 e. The molecule has 1 aromatic rings. The molecule has 22 heavy (non-hydrogen) atoms. The van der Waals surface area contributed by atoms with Crippen molar-refractivity contribution in [3.8, 4) is 0 Å². The van der Waals surface area contributed by atoms with Crippen LogP contribution in [0, 0.1) is 0 Å². The fourth-order valence-electron chi connectivity index (χ4n) is 3.68. The molecule has 0 radical (unpaired) electrons. The highest BCUT2D eigenvalue weighted by molar-refractivity contribution is 5.23. The predicted molar refractivity (Wildman–Crippen MR) is 94.1 cm³/mol. The minimum absolute atomic E-state index is 0.749. The maximum Gasteiger partial charge on any atom is 0.0233 e. The summed E-state index contributed by atoms with van der Waals surface area (Å²) >= 11 is 0. The zero-order valence-corrected chi connectivity index (χ0v) is 14.0. The SMILES string of the molecule is CN(CCc1ccc(CN2CCCC2)cc1)C1CC=CCC1. The molecule has 0 amide bonds. The normalized spacial score (nSPS) is 22.5. The quantitative estimate of drug-likeness (QED) is 0.736. The van der Waals surface area contributed by atoms with Crippen molar-refractivity contribution in [3.63, 3.8) is 0 Å². The van der Waals surface area contributed by atoms with Crippen molar-refractivity contribution >= 4 is 0 Å². The van der Waals surface area contributed by atoms with Crippen LogP contribution in [0.15, 0.2) is 36.4 Å². The molecule has 1 aromatic carbocycles. The Labute approximate surface area is 135 Å². The number of likely N-dealkylation sites (tertiary alicyclic amines) is 1. The Balaban J connectivity index is 1.45. The molecule has 1 aliphatic carbocycles. The van der Waals surface area contributed by atoms with Crippen LogP contribution in [-0.4, -0.2) is 42.5 Å². The molecule has 0 spiro atoms. The van der Waals surface area contributed by atoms with Gasteiger partial charge in [0, 0.05) is 19.1 Å². The van der Waals surface area contributed by atoms with Crippen LogP contribution >= 0.6 is 0 Å². The maximum absolute atomic E-state index is 2.57. The molecule has 1 fully saturated rings. The summed E-state index contributed by atoms with van der Waals surface area (Å²) in [6.45, 7) is 4.86. The highest BCUT2D eigenvalue weighted by Crippen LogP contribution is 2.17. The number of hydrogen-bond acceptors (Lipinski definition) is 2. The maximum atomic E-state index is 2.57. The molecule has 1 unspecified atom stereocenters. The van der Waals surface area contributed by atoms with Crippen LogP contribution in [0.4, 0.5) is 0 Å². The van der Waals surface area contributed by atoms with E-state index < -0.39 is 0 Å². The molecule has 1 saturated heterocycles. The van der Waals surface area contributed by atoms with Crippen molar-refractivity contribution in [2.24, 2.45) is 0 Å². The highest BCUT2D eigenvalue weighted by atomic mass is 15.1. The van der Waals surface area contributed by atoms with E-state index in [0.29, 0.717) is 0 Å². The van der Waals surface area contributed by atoms with Gasteiger partial charge in [-0.3, -0.25) is 4.90 Å². The topological polar surface area (TPSA) is 6.48 Å². The van der Waals surface area contributed by atoms with Crippen LogP contribution < -0.4 is 0 Å². The first-order valence-electron chi connectivity index (χ1n) is 8.97. The van der Waals surface area contributed by atoms with Crippen LogP contribution in [0.3, 0.4) is 0 Å². The molecule has 120 valence electrons. The fraction of sp³-hybridized carbons (Fsp3) is 0.600. The number of allylic oxidation sites excluding steroid dienone is 1. The van der Waals surface area contributed by atoms with Crippen molar-refractivity contribution in [3.05, 3.63) is 47.5 Å². The lowest BCUT2D eigenvalue weighted by molar-refractivity contribution is 0.230. The highest BCUT2D eigenvalue weighted by Gasteiger charge is 2.15. The van der Waals surface area contributed by atoms with Gasteiger partial charge < -0.3 is 4.90 Å². The summed E-state index contributed by atoms with van der Waals surface area (Å²) in [5.74, 6) is 0. The summed E-state index contributed by atoms with van der Waals surface area (Å²) in [5, 5.41) is 0. The van der Waals surface area contributed by atoms with E-state index in [0.717, 1.165) is 12.6 Å². The number of likely N-dealkylation sites (N-methyl/N-ethyl adjacent to an activating group) is 1. The Bertz CT molecular complexity index is 471. The Hall–Kier alpha value is -1.12. The van der Waals surface area contributed by atoms with Crippen molar-refractivity contribution < 1.29 is 0 Å². The van der Waals surface area contributed by atoms with Gasteiger partial charge in [-0.15, -0.1) is 0 Å². The number of benzene rings is 1. The molecular formula is C20H30N2. The van der Waals surface area contributed by atoms with Gasteiger partial charge in [-0.05, 0) is 69.8 Å². The van der Waals surface area contributed by atoms with Gasteiger partial charge in [0.25, 0.3) is 0 Å². The third-order valence-electron chi connectivity index (χ3n) is 5.25. The first kappa shape index (κ1) is 15.8. The van der Waals surface area contributed by atoms with Gasteiger partial charge in [0.1, 0.15) is 0 Å². The van der Waals surface area contributed by atoms with Gasteiger partial charge in [-0.1, -0.05) is 36.4 Å². The van der Waals surface area contributed by atoms with Crippen LogP contribution in [0.1, 0.15) is 43.2 Å². The van der Waals surface area contributed by atoms with Crippen LogP contribution in [0.2, 0.25) is 0 Å². The average molecular weight is 298 g/mol. The van der Waals surface area contributed by atoms with E-state index in [2.05, 4.69) is 53.3 Å². The lowest BCUT2D eigenvalue weighted by atomic mass is 10.00. The van der Waals surface area contributed by atoms with Gasteiger partial charge >= 0.3 is 0 Å². The van der Waals surface area contributed by atoms with Gasteiger partial charge in [-0.2, -0.15) is 0 Å². The van der Waals surface area contributed by atoms with Gasteiger partial charge in [0.15, 0.2) is 0 Å². The van der Waals surface area contributed by atoms with Gasteiger partial charge in [-0.25, -0.2) is 0 Å².